The maximum absolute atomic E-state index is 11.0. The summed E-state index contributed by atoms with van der Waals surface area (Å²) in [5.41, 5.74) is 0. The van der Waals surface area contributed by atoms with Gasteiger partial charge in [0.2, 0.25) is 5.91 Å². The summed E-state index contributed by atoms with van der Waals surface area (Å²) in [4.78, 5) is 12.9. The third-order valence-electron chi connectivity index (χ3n) is 1.51. The van der Waals surface area contributed by atoms with Crippen molar-refractivity contribution < 1.29 is 4.79 Å². The quantitative estimate of drug-likeness (QED) is 0.567. The molecule has 1 rings (SSSR count). The number of carbonyl (C=O) groups is 1. The SMILES string of the molecule is C[C@@H](Br)C(=O)N1CCC1. The van der Waals surface area contributed by atoms with Crippen molar-refractivity contribution in [2.24, 2.45) is 0 Å². The summed E-state index contributed by atoms with van der Waals surface area (Å²) in [6, 6.07) is 0. The first kappa shape index (κ1) is 7.06. The molecule has 0 aliphatic carbocycles. The van der Waals surface area contributed by atoms with Crippen LogP contribution < -0.4 is 0 Å². The van der Waals surface area contributed by atoms with Crippen LogP contribution in [0.4, 0.5) is 0 Å². The Labute approximate surface area is 63.3 Å². The largest absolute Gasteiger partial charge is 0.342 e. The first-order valence-electron chi connectivity index (χ1n) is 3.14. The third-order valence-corrected chi connectivity index (χ3v) is 1.90. The molecule has 1 fully saturated rings. The monoisotopic (exact) mass is 191 g/mol. The van der Waals surface area contributed by atoms with Crippen LogP contribution in [-0.4, -0.2) is 28.7 Å². The lowest BCUT2D eigenvalue weighted by Gasteiger charge is -2.31. The van der Waals surface area contributed by atoms with Crippen LogP contribution in [0.3, 0.4) is 0 Å². The van der Waals surface area contributed by atoms with Gasteiger partial charge in [0.1, 0.15) is 0 Å². The fraction of sp³-hybridized carbons (Fsp3) is 0.833. The van der Waals surface area contributed by atoms with Crippen LogP contribution in [0.2, 0.25) is 0 Å². The van der Waals surface area contributed by atoms with Gasteiger partial charge in [-0.05, 0) is 13.3 Å². The number of halogens is 1. The lowest BCUT2D eigenvalue weighted by molar-refractivity contribution is -0.133. The molecule has 1 aliphatic rings. The van der Waals surface area contributed by atoms with Gasteiger partial charge in [-0.2, -0.15) is 0 Å². The second-order valence-corrected chi connectivity index (χ2v) is 3.67. The van der Waals surface area contributed by atoms with E-state index in [1.54, 1.807) is 0 Å². The van der Waals surface area contributed by atoms with Crippen molar-refractivity contribution in [2.45, 2.75) is 18.2 Å². The second-order valence-electron chi connectivity index (χ2n) is 2.29. The summed E-state index contributed by atoms with van der Waals surface area (Å²) in [7, 11) is 0. The van der Waals surface area contributed by atoms with Crippen LogP contribution in [0.15, 0.2) is 0 Å². The molecular formula is C6H10BrNO. The minimum atomic E-state index is -0.00204. The molecule has 9 heavy (non-hydrogen) atoms. The topological polar surface area (TPSA) is 20.3 Å². The van der Waals surface area contributed by atoms with Gasteiger partial charge in [0.25, 0.3) is 0 Å². The van der Waals surface area contributed by atoms with Crippen LogP contribution >= 0.6 is 15.9 Å². The number of hydrogen-bond acceptors (Lipinski definition) is 1. The molecule has 1 amide bonds. The molecule has 0 aromatic rings. The minimum Gasteiger partial charge on any atom is -0.342 e. The zero-order chi connectivity index (χ0) is 6.85. The molecular weight excluding hydrogens is 182 g/mol. The van der Waals surface area contributed by atoms with E-state index in [1.807, 2.05) is 11.8 Å². The number of carbonyl (C=O) groups excluding carboxylic acids is 1. The normalized spacial score (nSPS) is 20.9. The van der Waals surface area contributed by atoms with Gasteiger partial charge >= 0.3 is 0 Å². The molecule has 3 heteroatoms. The Balaban J connectivity index is 2.32. The maximum Gasteiger partial charge on any atom is 0.236 e. The molecule has 0 bridgehead atoms. The smallest absolute Gasteiger partial charge is 0.236 e. The highest BCUT2D eigenvalue weighted by molar-refractivity contribution is 9.10. The Bertz CT molecular complexity index is 120. The molecule has 1 heterocycles. The lowest BCUT2D eigenvalue weighted by Crippen LogP contribution is -2.44. The number of rotatable bonds is 1. The molecule has 0 saturated carbocycles. The predicted octanol–water partition coefficient (Wildman–Crippen LogP) is 1.00. The average molecular weight is 192 g/mol. The third kappa shape index (κ3) is 1.45. The fourth-order valence-electron chi connectivity index (χ4n) is 0.788. The molecule has 0 unspecified atom stereocenters. The van der Waals surface area contributed by atoms with Gasteiger partial charge in [-0.1, -0.05) is 15.9 Å². The van der Waals surface area contributed by atoms with Crippen molar-refractivity contribution in [1.82, 2.24) is 4.90 Å². The van der Waals surface area contributed by atoms with Gasteiger partial charge in [0.05, 0.1) is 4.83 Å². The van der Waals surface area contributed by atoms with Crippen molar-refractivity contribution >= 4 is 21.8 Å². The zero-order valence-corrected chi connectivity index (χ0v) is 7.02. The Morgan fingerprint density at radius 2 is 2.22 bits per heavy atom. The van der Waals surface area contributed by atoms with Gasteiger partial charge in [0, 0.05) is 13.1 Å². The summed E-state index contributed by atoms with van der Waals surface area (Å²) in [5, 5.41) is 0. The molecule has 0 aromatic heterocycles. The second kappa shape index (κ2) is 2.69. The van der Waals surface area contributed by atoms with E-state index in [2.05, 4.69) is 15.9 Å². The van der Waals surface area contributed by atoms with Crippen LogP contribution in [0.25, 0.3) is 0 Å². The number of nitrogens with zero attached hydrogens (tertiary/aromatic N) is 1. The van der Waals surface area contributed by atoms with Crippen molar-refractivity contribution in [3.05, 3.63) is 0 Å². The minimum absolute atomic E-state index is 0.00204. The molecule has 0 spiro atoms. The lowest BCUT2D eigenvalue weighted by atomic mass is 10.2. The number of hydrogen-bond donors (Lipinski definition) is 0. The molecule has 0 N–H and O–H groups in total. The average Bonchev–Trinajstić information content (AvgIpc) is 1.60. The zero-order valence-electron chi connectivity index (χ0n) is 5.43. The van der Waals surface area contributed by atoms with Crippen molar-refractivity contribution in [3.8, 4) is 0 Å². The van der Waals surface area contributed by atoms with Crippen LogP contribution in [0.5, 0.6) is 0 Å². The Morgan fingerprint density at radius 3 is 2.33 bits per heavy atom. The van der Waals surface area contributed by atoms with E-state index in [0.717, 1.165) is 13.1 Å². The first-order chi connectivity index (χ1) is 4.22. The molecule has 1 atom stereocenters. The molecule has 52 valence electrons. The number of amides is 1. The van der Waals surface area contributed by atoms with Crippen molar-refractivity contribution in [3.63, 3.8) is 0 Å². The Morgan fingerprint density at radius 1 is 1.67 bits per heavy atom. The highest BCUT2D eigenvalue weighted by Crippen LogP contribution is 2.11. The number of likely N-dealkylation sites (tertiary alicyclic amines) is 1. The summed E-state index contributed by atoms with van der Waals surface area (Å²) < 4.78 is 0. The summed E-state index contributed by atoms with van der Waals surface area (Å²) in [5.74, 6) is 0.223. The summed E-state index contributed by atoms with van der Waals surface area (Å²) in [6.07, 6.45) is 1.17. The van der Waals surface area contributed by atoms with Crippen molar-refractivity contribution in [2.75, 3.05) is 13.1 Å². The molecule has 2 nitrogen and oxygen atoms in total. The molecule has 0 aromatic carbocycles. The van der Waals surface area contributed by atoms with E-state index in [1.165, 1.54) is 6.42 Å². The predicted molar refractivity (Wildman–Crippen MR) is 39.6 cm³/mol. The Hall–Kier alpha value is -0.0500. The van der Waals surface area contributed by atoms with Gasteiger partial charge < -0.3 is 4.90 Å². The van der Waals surface area contributed by atoms with Crippen LogP contribution in [0, 0.1) is 0 Å². The summed E-state index contributed by atoms with van der Waals surface area (Å²) in [6.45, 7) is 3.77. The van der Waals surface area contributed by atoms with E-state index in [4.69, 9.17) is 0 Å². The Kier molecular flexibility index (Phi) is 2.11. The van der Waals surface area contributed by atoms with E-state index >= 15 is 0 Å². The number of alkyl halides is 1. The van der Waals surface area contributed by atoms with Gasteiger partial charge in [-0.3, -0.25) is 4.79 Å². The van der Waals surface area contributed by atoms with E-state index in [-0.39, 0.29) is 10.7 Å². The standard InChI is InChI=1S/C6H10BrNO/c1-5(7)6(9)8-3-2-4-8/h5H,2-4H2,1H3/t5-/m1/s1. The molecule has 0 radical (unpaired) electrons. The van der Waals surface area contributed by atoms with E-state index in [0.29, 0.717) is 0 Å². The van der Waals surface area contributed by atoms with Crippen molar-refractivity contribution in [1.29, 1.82) is 0 Å². The highest BCUT2D eigenvalue weighted by atomic mass is 79.9. The van der Waals surface area contributed by atoms with Gasteiger partial charge in [0.15, 0.2) is 0 Å². The summed E-state index contributed by atoms with van der Waals surface area (Å²) >= 11 is 3.22. The van der Waals surface area contributed by atoms with Crippen LogP contribution in [0.1, 0.15) is 13.3 Å². The van der Waals surface area contributed by atoms with Gasteiger partial charge in [-0.25, -0.2) is 0 Å². The maximum atomic E-state index is 11.0. The first-order valence-corrected chi connectivity index (χ1v) is 4.06. The molecule has 1 aliphatic heterocycles. The fourth-order valence-corrected chi connectivity index (χ4v) is 1.08. The van der Waals surface area contributed by atoms with E-state index < -0.39 is 0 Å². The highest BCUT2D eigenvalue weighted by Gasteiger charge is 2.22. The van der Waals surface area contributed by atoms with E-state index in [9.17, 15) is 4.79 Å². The van der Waals surface area contributed by atoms with Crippen LogP contribution in [-0.2, 0) is 4.79 Å². The molecule has 1 saturated heterocycles. The van der Waals surface area contributed by atoms with Gasteiger partial charge in [-0.15, -0.1) is 0 Å².